The zero-order valence-electron chi connectivity index (χ0n) is 19.2. The maximum absolute atomic E-state index is 5.81. The average molecular weight is 460 g/mol. The van der Waals surface area contributed by atoms with Crippen LogP contribution < -0.4 is 0 Å². The molecule has 0 saturated carbocycles. The Balaban J connectivity index is 1.36. The van der Waals surface area contributed by atoms with Gasteiger partial charge in [0.25, 0.3) is 0 Å². The van der Waals surface area contributed by atoms with Gasteiger partial charge in [0.2, 0.25) is 5.89 Å². The molecule has 0 unspecified atom stereocenters. The van der Waals surface area contributed by atoms with Crippen molar-refractivity contribution in [3.63, 3.8) is 0 Å². The van der Waals surface area contributed by atoms with Crippen LogP contribution >= 0.6 is 11.8 Å². The van der Waals surface area contributed by atoms with E-state index in [4.69, 9.17) is 9.40 Å². The first-order chi connectivity index (χ1) is 16.2. The fourth-order valence-corrected chi connectivity index (χ4v) is 5.19. The van der Waals surface area contributed by atoms with Crippen LogP contribution in [0, 0.1) is 13.8 Å². The van der Waals surface area contributed by atoms with Crippen molar-refractivity contribution >= 4 is 11.8 Å². The SMILES string of the molecule is Cc1ccc(-c2nc(CSc3nnc(CN4CCCCC4)n3-c3ccccc3)co2)c(C)c1. The predicted molar refractivity (Wildman–Crippen MR) is 131 cm³/mol. The van der Waals surface area contributed by atoms with Crippen molar-refractivity contribution in [2.75, 3.05) is 13.1 Å². The highest BCUT2D eigenvalue weighted by atomic mass is 32.2. The minimum absolute atomic E-state index is 0.665. The molecule has 2 aromatic heterocycles. The molecular weight excluding hydrogens is 430 g/mol. The Kier molecular flexibility index (Phi) is 6.60. The summed E-state index contributed by atoms with van der Waals surface area (Å²) in [5.74, 6) is 2.32. The summed E-state index contributed by atoms with van der Waals surface area (Å²) in [6, 6.07) is 16.7. The lowest BCUT2D eigenvalue weighted by Gasteiger charge is -2.26. The van der Waals surface area contributed by atoms with E-state index in [9.17, 15) is 0 Å². The van der Waals surface area contributed by atoms with E-state index in [1.54, 1.807) is 18.0 Å². The molecule has 3 heterocycles. The van der Waals surface area contributed by atoms with Crippen LogP contribution in [0.2, 0.25) is 0 Å². The van der Waals surface area contributed by atoms with Crippen LogP contribution in [0.15, 0.2) is 64.4 Å². The molecule has 0 spiro atoms. The molecule has 7 heteroatoms. The minimum Gasteiger partial charge on any atom is -0.444 e. The van der Waals surface area contributed by atoms with Gasteiger partial charge in [-0.25, -0.2) is 4.98 Å². The largest absolute Gasteiger partial charge is 0.444 e. The second-order valence-electron chi connectivity index (χ2n) is 8.66. The summed E-state index contributed by atoms with van der Waals surface area (Å²) in [5.41, 5.74) is 5.43. The van der Waals surface area contributed by atoms with Gasteiger partial charge in [-0.2, -0.15) is 0 Å². The van der Waals surface area contributed by atoms with Crippen molar-refractivity contribution in [2.45, 2.75) is 50.6 Å². The van der Waals surface area contributed by atoms with Gasteiger partial charge >= 0.3 is 0 Å². The zero-order valence-corrected chi connectivity index (χ0v) is 20.0. The fourth-order valence-electron chi connectivity index (χ4n) is 4.34. The first-order valence-corrected chi connectivity index (χ1v) is 12.5. The standard InChI is InChI=1S/C26H29N5OS/c1-19-11-12-23(20(2)15-19)25-27-21(17-32-25)18-33-26-29-28-24(16-30-13-7-4-8-14-30)31(26)22-9-5-3-6-10-22/h3,5-6,9-12,15,17H,4,7-8,13-14,16,18H2,1-2H3. The van der Waals surface area contributed by atoms with E-state index in [1.165, 1.54) is 30.4 Å². The number of para-hydroxylation sites is 1. The molecular formula is C26H29N5OS. The summed E-state index contributed by atoms with van der Waals surface area (Å²) in [4.78, 5) is 7.22. The molecule has 1 saturated heterocycles. The third-order valence-electron chi connectivity index (χ3n) is 6.04. The fraction of sp³-hybridized carbons (Fsp3) is 0.346. The molecule has 2 aromatic carbocycles. The van der Waals surface area contributed by atoms with Crippen LogP contribution in [-0.4, -0.2) is 37.7 Å². The number of piperidine rings is 1. The molecule has 0 N–H and O–H groups in total. The summed E-state index contributed by atoms with van der Waals surface area (Å²) in [6.07, 6.45) is 5.59. The first-order valence-electron chi connectivity index (χ1n) is 11.5. The molecule has 170 valence electrons. The zero-order chi connectivity index (χ0) is 22.6. The summed E-state index contributed by atoms with van der Waals surface area (Å²) >= 11 is 1.64. The van der Waals surface area contributed by atoms with E-state index in [2.05, 4.69) is 76.0 Å². The normalized spacial score (nSPS) is 14.6. The molecule has 1 aliphatic rings. The van der Waals surface area contributed by atoms with Crippen LogP contribution in [0.1, 0.15) is 41.9 Å². The Hall–Kier alpha value is -2.90. The number of nitrogens with zero attached hydrogens (tertiary/aromatic N) is 5. The van der Waals surface area contributed by atoms with Gasteiger partial charge in [-0.15, -0.1) is 10.2 Å². The second kappa shape index (κ2) is 9.93. The molecule has 33 heavy (non-hydrogen) atoms. The molecule has 0 aliphatic carbocycles. The highest BCUT2D eigenvalue weighted by Gasteiger charge is 2.19. The number of oxazole rings is 1. The van der Waals surface area contributed by atoms with E-state index in [-0.39, 0.29) is 0 Å². The van der Waals surface area contributed by atoms with Gasteiger partial charge in [0.05, 0.1) is 12.2 Å². The van der Waals surface area contributed by atoms with Crippen LogP contribution in [0.25, 0.3) is 17.1 Å². The predicted octanol–water partition coefficient (Wildman–Crippen LogP) is 5.82. The van der Waals surface area contributed by atoms with Gasteiger partial charge in [0.1, 0.15) is 6.26 Å². The number of hydrogen-bond donors (Lipinski definition) is 0. The Labute approximate surface area is 199 Å². The van der Waals surface area contributed by atoms with Gasteiger partial charge in [-0.05, 0) is 63.5 Å². The number of thioether (sulfide) groups is 1. The maximum atomic E-state index is 5.81. The molecule has 0 atom stereocenters. The highest BCUT2D eigenvalue weighted by molar-refractivity contribution is 7.98. The van der Waals surface area contributed by atoms with Crippen molar-refractivity contribution in [3.8, 4) is 17.1 Å². The van der Waals surface area contributed by atoms with Crippen molar-refractivity contribution in [1.29, 1.82) is 0 Å². The van der Waals surface area contributed by atoms with E-state index < -0.39 is 0 Å². The average Bonchev–Trinajstić information content (AvgIpc) is 3.46. The smallest absolute Gasteiger partial charge is 0.226 e. The van der Waals surface area contributed by atoms with E-state index in [0.29, 0.717) is 11.6 Å². The third kappa shape index (κ3) is 5.04. The Morgan fingerprint density at radius 1 is 0.970 bits per heavy atom. The van der Waals surface area contributed by atoms with Crippen LogP contribution in [0.3, 0.4) is 0 Å². The van der Waals surface area contributed by atoms with Gasteiger partial charge in [0, 0.05) is 17.0 Å². The number of hydrogen-bond acceptors (Lipinski definition) is 6. The Morgan fingerprint density at radius 3 is 2.58 bits per heavy atom. The summed E-state index contributed by atoms with van der Waals surface area (Å²) in [5, 5.41) is 10.0. The van der Waals surface area contributed by atoms with Crippen molar-refractivity contribution < 1.29 is 4.42 Å². The molecule has 4 aromatic rings. The molecule has 5 rings (SSSR count). The second-order valence-corrected chi connectivity index (χ2v) is 9.60. The molecule has 1 aliphatic heterocycles. The molecule has 0 radical (unpaired) electrons. The Bertz CT molecular complexity index is 1210. The van der Waals surface area contributed by atoms with Gasteiger partial charge < -0.3 is 4.42 Å². The molecule has 0 amide bonds. The van der Waals surface area contributed by atoms with Crippen LogP contribution in [-0.2, 0) is 12.3 Å². The monoisotopic (exact) mass is 459 g/mol. The number of likely N-dealkylation sites (tertiary alicyclic amines) is 1. The molecule has 0 bridgehead atoms. The van der Waals surface area contributed by atoms with Gasteiger partial charge in [-0.3, -0.25) is 9.47 Å². The first kappa shape index (κ1) is 21.9. The van der Waals surface area contributed by atoms with E-state index >= 15 is 0 Å². The Morgan fingerprint density at radius 2 is 1.79 bits per heavy atom. The van der Waals surface area contributed by atoms with Gasteiger partial charge in [0.15, 0.2) is 11.0 Å². The van der Waals surface area contributed by atoms with Gasteiger partial charge in [-0.1, -0.05) is 54.1 Å². The minimum atomic E-state index is 0.665. The lowest BCUT2D eigenvalue weighted by Crippen LogP contribution is -2.30. The third-order valence-corrected chi connectivity index (χ3v) is 7.00. The topological polar surface area (TPSA) is 60.0 Å². The van der Waals surface area contributed by atoms with E-state index in [0.717, 1.165) is 47.6 Å². The van der Waals surface area contributed by atoms with Crippen LogP contribution in [0.5, 0.6) is 0 Å². The van der Waals surface area contributed by atoms with Crippen molar-refractivity contribution in [3.05, 3.63) is 77.4 Å². The lowest BCUT2D eigenvalue weighted by atomic mass is 10.1. The molecule has 1 fully saturated rings. The summed E-state index contributed by atoms with van der Waals surface area (Å²) in [6.45, 7) is 7.27. The number of benzene rings is 2. The van der Waals surface area contributed by atoms with Crippen molar-refractivity contribution in [1.82, 2.24) is 24.6 Å². The molecule has 6 nitrogen and oxygen atoms in total. The highest BCUT2D eigenvalue weighted by Crippen LogP contribution is 2.28. The summed E-state index contributed by atoms with van der Waals surface area (Å²) in [7, 11) is 0. The summed E-state index contributed by atoms with van der Waals surface area (Å²) < 4.78 is 7.99. The maximum Gasteiger partial charge on any atom is 0.226 e. The number of aromatic nitrogens is 4. The van der Waals surface area contributed by atoms with Crippen LogP contribution in [0.4, 0.5) is 0 Å². The van der Waals surface area contributed by atoms with Crippen molar-refractivity contribution in [2.24, 2.45) is 0 Å². The lowest BCUT2D eigenvalue weighted by molar-refractivity contribution is 0.214. The van der Waals surface area contributed by atoms with E-state index in [1.807, 2.05) is 6.07 Å². The number of rotatable bonds is 7. The number of aryl methyl sites for hydroxylation is 2. The quantitative estimate of drug-likeness (QED) is 0.325.